The molecular formula is C13H18O3. The van der Waals surface area contributed by atoms with E-state index in [1.54, 1.807) is 0 Å². The summed E-state index contributed by atoms with van der Waals surface area (Å²) in [4.78, 5) is 0. The van der Waals surface area contributed by atoms with Crippen LogP contribution in [0.2, 0.25) is 0 Å². The average molecular weight is 222 g/mol. The van der Waals surface area contributed by atoms with E-state index in [0.29, 0.717) is 13.2 Å². The van der Waals surface area contributed by atoms with Crippen molar-refractivity contribution in [3.05, 3.63) is 35.9 Å². The highest BCUT2D eigenvalue weighted by atomic mass is 16.5. The standard InChI is InChI=1S/C13H18O3/c14-9-13-8-12(6-7-15-13)16-10-11-4-2-1-3-5-11/h1-5,12-14H,6-10H2/t12-,13+/m1/s1. The van der Waals surface area contributed by atoms with E-state index in [2.05, 4.69) is 12.1 Å². The first kappa shape index (κ1) is 11.6. The minimum Gasteiger partial charge on any atom is -0.394 e. The Balaban J connectivity index is 1.77. The predicted molar refractivity (Wildman–Crippen MR) is 61.1 cm³/mol. The van der Waals surface area contributed by atoms with E-state index in [1.807, 2.05) is 18.2 Å². The van der Waals surface area contributed by atoms with Gasteiger partial charge >= 0.3 is 0 Å². The number of hydrogen-bond acceptors (Lipinski definition) is 3. The largest absolute Gasteiger partial charge is 0.394 e. The molecule has 1 saturated heterocycles. The van der Waals surface area contributed by atoms with Crippen LogP contribution < -0.4 is 0 Å². The third-order valence-corrected chi connectivity index (χ3v) is 2.85. The molecule has 1 aliphatic heterocycles. The van der Waals surface area contributed by atoms with E-state index >= 15 is 0 Å². The Hall–Kier alpha value is -0.900. The van der Waals surface area contributed by atoms with Crippen LogP contribution in [0.1, 0.15) is 18.4 Å². The Morgan fingerprint density at radius 3 is 2.88 bits per heavy atom. The van der Waals surface area contributed by atoms with Crippen LogP contribution in [-0.4, -0.2) is 30.5 Å². The van der Waals surface area contributed by atoms with E-state index in [0.717, 1.165) is 12.8 Å². The summed E-state index contributed by atoms with van der Waals surface area (Å²) in [7, 11) is 0. The van der Waals surface area contributed by atoms with E-state index in [-0.39, 0.29) is 18.8 Å². The second-order valence-electron chi connectivity index (χ2n) is 4.12. The van der Waals surface area contributed by atoms with Gasteiger partial charge in [-0.2, -0.15) is 0 Å². The van der Waals surface area contributed by atoms with Crippen LogP contribution in [-0.2, 0) is 16.1 Å². The van der Waals surface area contributed by atoms with Crippen molar-refractivity contribution in [3.63, 3.8) is 0 Å². The number of ether oxygens (including phenoxy) is 2. The Morgan fingerprint density at radius 2 is 2.12 bits per heavy atom. The fraction of sp³-hybridized carbons (Fsp3) is 0.538. The third-order valence-electron chi connectivity index (χ3n) is 2.85. The highest BCUT2D eigenvalue weighted by Gasteiger charge is 2.22. The molecule has 0 aromatic heterocycles. The van der Waals surface area contributed by atoms with Gasteiger partial charge in [-0.05, 0) is 12.0 Å². The van der Waals surface area contributed by atoms with Crippen molar-refractivity contribution >= 4 is 0 Å². The molecule has 0 unspecified atom stereocenters. The molecule has 1 aliphatic rings. The van der Waals surface area contributed by atoms with Gasteiger partial charge in [0, 0.05) is 13.0 Å². The number of benzene rings is 1. The van der Waals surface area contributed by atoms with Crippen LogP contribution in [0.3, 0.4) is 0 Å². The van der Waals surface area contributed by atoms with E-state index in [1.165, 1.54) is 5.56 Å². The van der Waals surface area contributed by atoms with Crippen molar-refractivity contribution in [2.24, 2.45) is 0 Å². The molecule has 0 amide bonds. The van der Waals surface area contributed by atoms with Gasteiger partial charge < -0.3 is 14.6 Å². The van der Waals surface area contributed by atoms with E-state index < -0.39 is 0 Å². The number of hydrogen-bond donors (Lipinski definition) is 1. The summed E-state index contributed by atoms with van der Waals surface area (Å²) in [6.45, 7) is 1.42. The molecule has 3 nitrogen and oxygen atoms in total. The normalized spacial score (nSPS) is 25.6. The van der Waals surface area contributed by atoms with Gasteiger partial charge in [0.15, 0.2) is 0 Å². The van der Waals surface area contributed by atoms with Crippen molar-refractivity contribution in [1.29, 1.82) is 0 Å². The van der Waals surface area contributed by atoms with Gasteiger partial charge in [-0.1, -0.05) is 30.3 Å². The quantitative estimate of drug-likeness (QED) is 0.843. The van der Waals surface area contributed by atoms with Gasteiger partial charge in [-0.15, -0.1) is 0 Å². The number of rotatable bonds is 4. The first-order valence-electron chi connectivity index (χ1n) is 5.76. The lowest BCUT2D eigenvalue weighted by Gasteiger charge is -2.28. The molecule has 0 aliphatic carbocycles. The lowest BCUT2D eigenvalue weighted by molar-refractivity contribution is -0.0918. The van der Waals surface area contributed by atoms with Crippen LogP contribution in [0.5, 0.6) is 0 Å². The van der Waals surface area contributed by atoms with Gasteiger partial charge in [0.25, 0.3) is 0 Å². The van der Waals surface area contributed by atoms with Gasteiger partial charge in [0.05, 0.1) is 25.4 Å². The zero-order chi connectivity index (χ0) is 11.2. The van der Waals surface area contributed by atoms with E-state index in [9.17, 15) is 0 Å². The van der Waals surface area contributed by atoms with Gasteiger partial charge in [-0.25, -0.2) is 0 Å². The van der Waals surface area contributed by atoms with Crippen LogP contribution in [0.15, 0.2) is 30.3 Å². The molecule has 1 N–H and O–H groups in total. The third kappa shape index (κ3) is 3.30. The van der Waals surface area contributed by atoms with Gasteiger partial charge in [0.1, 0.15) is 0 Å². The molecule has 0 saturated carbocycles. The van der Waals surface area contributed by atoms with Gasteiger partial charge in [-0.3, -0.25) is 0 Å². The molecule has 88 valence electrons. The molecule has 1 aromatic carbocycles. The maximum atomic E-state index is 9.01. The maximum absolute atomic E-state index is 9.01. The first-order chi connectivity index (χ1) is 7.88. The molecule has 16 heavy (non-hydrogen) atoms. The van der Waals surface area contributed by atoms with Crippen LogP contribution in [0, 0.1) is 0 Å². The summed E-state index contributed by atoms with van der Waals surface area (Å²) >= 11 is 0. The zero-order valence-electron chi connectivity index (χ0n) is 9.34. The molecule has 2 atom stereocenters. The molecule has 1 aromatic rings. The Bertz CT molecular complexity index is 299. The number of aliphatic hydroxyl groups is 1. The second-order valence-corrected chi connectivity index (χ2v) is 4.12. The zero-order valence-corrected chi connectivity index (χ0v) is 9.34. The topological polar surface area (TPSA) is 38.7 Å². The predicted octanol–water partition coefficient (Wildman–Crippen LogP) is 1.74. The van der Waals surface area contributed by atoms with E-state index in [4.69, 9.17) is 14.6 Å². The summed E-state index contributed by atoms with van der Waals surface area (Å²) in [5.74, 6) is 0. The summed E-state index contributed by atoms with van der Waals surface area (Å²) in [5, 5.41) is 9.01. The lowest BCUT2D eigenvalue weighted by atomic mass is 10.1. The summed E-state index contributed by atoms with van der Waals surface area (Å²) < 4.78 is 11.2. The van der Waals surface area contributed by atoms with Crippen molar-refractivity contribution in [3.8, 4) is 0 Å². The SMILES string of the molecule is OC[C@@H]1C[C@H](OCc2ccccc2)CCO1. The first-order valence-corrected chi connectivity index (χ1v) is 5.76. The number of aliphatic hydroxyl groups excluding tert-OH is 1. The molecular weight excluding hydrogens is 204 g/mol. The molecule has 3 heteroatoms. The van der Waals surface area contributed by atoms with Gasteiger partial charge in [0.2, 0.25) is 0 Å². The van der Waals surface area contributed by atoms with Crippen LogP contribution in [0.4, 0.5) is 0 Å². The maximum Gasteiger partial charge on any atom is 0.0830 e. The highest BCUT2D eigenvalue weighted by Crippen LogP contribution is 2.18. The van der Waals surface area contributed by atoms with Crippen molar-refractivity contribution in [1.82, 2.24) is 0 Å². The van der Waals surface area contributed by atoms with Crippen molar-refractivity contribution < 1.29 is 14.6 Å². The summed E-state index contributed by atoms with van der Waals surface area (Å²) in [5.41, 5.74) is 1.19. The minimum atomic E-state index is -0.0467. The van der Waals surface area contributed by atoms with Crippen LogP contribution >= 0.6 is 0 Å². The fourth-order valence-electron chi connectivity index (χ4n) is 1.91. The monoisotopic (exact) mass is 222 g/mol. The fourth-order valence-corrected chi connectivity index (χ4v) is 1.91. The van der Waals surface area contributed by atoms with Crippen LogP contribution in [0.25, 0.3) is 0 Å². The molecule has 0 spiro atoms. The molecule has 1 fully saturated rings. The minimum absolute atomic E-state index is 0.0467. The smallest absolute Gasteiger partial charge is 0.0830 e. The highest BCUT2D eigenvalue weighted by molar-refractivity contribution is 5.13. The molecule has 0 bridgehead atoms. The summed E-state index contributed by atoms with van der Waals surface area (Å²) in [6.07, 6.45) is 1.88. The Kier molecular flexibility index (Phi) is 4.34. The molecule has 2 rings (SSSR count). The molecule has 0 radical (unpaired) electrons. The Morgan fingerprint density at radius 1 is 1.31 bits per heavy atom. The average Bonchev–Trinajstić information content (AvgIpc) is 2.38. The Labute approximate surface area is 96.0 Å². The summed E-state index contributed by atoms with van der Waals surface area (Å²) in [6, 6.07) is 10.1. The van der Waals surface area contributed by atoms with Crippen molar-refractivity contribution in [2.45, 2.75) is 31.7 Å². The lowest BCUT2D eigenvalue weighted by Crippen LogP contribution is -2.32. The van der Waals surface area contributed by atoms with Crippen molar-refractivity contribution in [2.75, 3.05) is 13.2 Å². The second kappa shape index (κ2) is 5.99. The molecule has 1 heterocycles.